The minimum atomic E-state index is 0.483. The fraction of sp³-hybridized carbons (Fsp3) is 0.188. The Kier molecular flexibility index (Phi) is 4.11. The lowest BCUT2D eigenvalue weighted by molar-refractivity contribution is 0.112. The van der Waals surface area contributed by atoms with Gasteiger partial charge >= 0.3 is 0 Å². The van der Waals surface area contributed by atoms with E-state index in [0.717, 1.165) is 17.3 Å². The number of aromatic nitrogens is 3. The van der Waals surface area contributed by atoms with Crippen molar-refractivity contribution in [3.63, 3.8) is 0 Å². The maximum Gasteiger partial charge on any atom is 0.157 e. The zero-order valence-electron chi connectivity index (χ0n) is 12.1. The summed E-state index contributed by atoms with van der Waals surface area (Å²) in [5, 5.41) is 0. The molecular weight excluding hydrogens is 282 g/mol. The topological polar surface area (TPSA) is 77.1 Å². The van der Waals surface area contributed by atoms with E-state index >= 15 is 0 Å². The number of methoxy groups -OCH3 is 1. The van der Waals surface area contributed by atoms with E-state index in [1.54, 1.807) is 31.5 Å². The van der Waals surface area contributed by atoms with E-state index in [-0.39, 0.29) is 0 Å². The lowest BCUT2D eigenvalue weighted by Crippen LogP contribution is -2.04. The highest BCUT2D eigenvalue weighted by Gasteiger charge is 2.07. The van der Waals surface area contributed by atoms with Gasteiger partial charge in [-0.25, -0.2) is 9.97 Å². The summed E-state index contributed by atoms with van der Waals surface area (Å²) in [6.45, 7) is 1.01. The van der Waals surface area contributed by atoms with Crippen LogP contribution in [0.3, 0.4) is 0 Å². The summed E-state index contributed by atoms with van der Waals surface area (Å²) in [5.74, 6) is 1.33. The Morgan fingerprint density at radius 2 is 2.14 bits per heavy atom. The number of carbonyl (C=O) groups is 1. The predicted octanol–water partition coefficient (Wildman–Crippen LogP) is 2.46. The van der Waals surface area contributed by atoms with Gasteiger partial charge in [0.1, 0.15) is 24.3 Å². The van der Waals surface area contributed by atoms with Crippen molar-refractivity contribution in [2.75, 3.05) is 20.3 Å². The number of hydrogen-bond acceptors (Lipinski definition) is 5. The second kappa shape index (κ2) is 6.36. The normalized spacial score (nSPS) is 10.8. The van der Waals surface area contributed by atoms with Gasteiger partial charge in [-0.15, -0.1) is 0 Å². The third-order valence-electron chi connectivity index (χ3n) is 3.18. The Hall–Kier alpha value is -2.73. The van der Waals surface area contributed by atoms with Crippen LogP contribution in [0.25, 0.3) is 22.6 Å². The van der Waals surface area contributed by atoms with E-state index in [1.807, 2.05) is 12.1 Å². The SMILES string of the molecule is COCCOc1ccc(-c2nc3ccc(C=O)cc3[nH]2)nc1. The van der Waals surface area contributed by atoms with Crippen molar-refractivity contribution in [3.05, 3.63) is 42.1 Å². The number of fused-ring (bicyclic) bond motifs is 1. The molecule has 3 aromatic rings. The number of hydrogen-bond donors (Lipinski definition) is 1. The number of aldehydes is 1. The van der Waals surface area contributed by atoms with Gasteiger partial charge in [-0.05, 0) is 30.3 Å². The van der Waals surface area contributed by atoms with Crippen LogP contribution in [0, 0.1) is 0 Å². The van der Waals surface area contributed by atoms with Crippen molar-refractivity contribution in [3.8, 4) is 17.3 Å². The van der Waals surface area contributed by atoms with Gasteiger partial charge in [-0.2, -0.15) is 0 Å². The van der Waals surface area contributed by atoms with Crippen LogP contribution < -0.4 is 4.74 Å². The fourth-order valence-electron chi connectivity index (χ4n) is 2.07. The van der Waals surface area contributed by atoms with Gasteiger partial charge in [0.25, 0.3) is 0 Å². The van der Waals surface area contributed by atoms with Gasteiger partial charge in [-0.1, -0.05) is 0 Å². The van der Waals surface area contributed by atoms with Crippen LogP contribution in [0.5, 0.6) is 5.75 Å². The number of benzene rings is 1. The summed E-state index contributed by atoms with van der Waals surface area (Å²) in [6, 6.07) is 8.98. The quantitative estimate of drug-likeness (QED) is 0.558. The summed E-state index contributed by atoms with van der Waals surface area (Å²) in [5.41, 5.74) is 2.92. The fourth-order valence-corrected chi connectivity index (χ4v) is 2.07. The summed E-state index contributed by atoms with van der Waals surface area (Å²) in [7, 11) is 1.63. The average molecular weight is 297 g/mol. The highest BCUT2D eigenvalue weighted by Crippen LogP contribution is 2.21. The van der Waals surface area contributed by atoms with E-state index in [9.17, 15) is 4.79 Å². The molecule has 0 atom stereocenters. The van der Waals surface area contributed by atoms with Gasteiger partial charge in [0.05, 0.1) is 23.8 Å². The zero-order valence-corrected chi connectivity index (χ0v) is 12.1. The smallest absolute Gasteiger partial charge is 0.157 e. The summed E-state index contributed by atoms with van der Waals surface area (Å²) in [6.07, 6.45) is 2.46. The van der Waals surface area contributed by atoms with Crippen molar-refractivity contribution in [1.82, 2.24) is 15.0 Å². The molecule has 0 saturated heterocycles. The molecule has 0 unspecified atom stereocenters. The van der Waals surface area contributed by atoms with Gasteiger partial charge in [-0.3, -0.25) is 4.79 Å². The average Bonchev–Trinajstić information content (AvgIpc) is 2.98. The Balaban J connectivity index is 1.82. The molecule has 2 aromatic heterocycles. The van der Waals surface area contributed by atoms with E-state index < -0.39 is 0 Å². The molecule has 6 heteroatoms. The number of nitrogens with one attached hydrogen (secondary N) is 1. The minimum Gasteiger partial charge on any atom is -0.490 e. The first-order valence-corrected chi connectivity index (χ1v) is 6.83. The largest absolute Gasteiger partial charge is 0.490 e. The number of H-pyrrole nitrogens is 1. The van der Waals surface area contributed by atoms with Crippen LogP contribution >= 0.6 is 0 Å². The Labute approximate surface area is 127 Å². The van der Waals surface area contributed by atoms with Crippen molar-refractivity contribution >= 4 is 17.3 Å². The lowest BCUT2D eigenvalue weighted by Gasteiger charge is -2.04. The number of nitrogens with zero attached hydrogens (tertiary/aromatic N) is 2. The number of ether oxygens (including phenoxy) is 2. The van der Waals surface area contributed by atoms with Gasteiger partial charge in [0.15, 0.2) is 5.82 Å². The summed E-state index contributed by atoms with van der Waals surface area (Å²) < 4.78 is 10.4. The number of imidazole rings is 1. The first-order chi connectivity index (χ1) is 10.8. The van der Waals surface area contributed by atoms with E-state index in [0.29, 0.717) is 36.0 Å². The van der Waals surface area contributed by atoms with Crippen LogP contribution in [0.15, 0.2) is 36.5 Å². The van der Waals surface area contributed by atoms with Gasteiger partial charge < -0.3 is 14.5 Å². The Morgan fingerprint density at radius 3 is 2.86 bits per heavy atom. The standard InChI is InChI=1S/C16H15N3O3/c1-21-6-7-22-12-3-5-14(17-9-12)16-18-13-4-2-11(10-20)8-15(13)19-16/h2-5,8-10H,6-7H2,1H3,(H,18,19). The van der Waals surface area contributed by atoms with Crippen LogP contribution in [0.4, 0.5) is 0 Å². The third kappa shape index (κ3) is 2.96. The molecule has 0 fully saturated rings. The van der Waals surface area contributed by atoms with Gasteiger partial charge in [0, 0.05) is 12.7 Å². The molecular formula is C16H15N3O3. The van der Waals surface area contributed by atoms with Crippen LogP contribution in [-0.4, -0.2) is 41.6 Å². The Morgan fingerprint density at radius 1 is 1.23 bits per heavy atom. The van der Waals surface area contributed by atoms with Crippen molar-refractivity contribution < 1.29 is 14.3 Å². The number of carbonyl (C=O) groups excluding carboxylic acids is 1. The molecule has 0 aliphatic heterocycles. The van der Waals surface area contributed by atoms with Gasteiger partial charge in [0.2, 0.25) is 0 Å². The molecule has 0 radical (unpaired) electrons. The molecule has 3 rings (SSSR count). The molecule has 0 aliphatic rings. The second-order valence-electron chi connectivity index (χ2n) is 4.70. The van der Waals surface area contributed by atoms with E-state index in [2.05, 4.69) is 15.0 Å². The molecule has 0 saturated carbocycles. The first kappa shape index (κ1) is 14.2. The third-order valence-corrected chi connectivity index (χ3v) is 3.18. The molecule has 0 spiro atoms. The Bertz CT molecular complexity index is 781. The monoisotopic (exact) mass is 297 g/mol. The lowest BCUT2D eigenvalue weighted by atomic mass is 10.2. The predicted molar refractivity (Wildman–Crippen MR) is 82.1 cm³/mol. The number of rotatable bonds is 6. The van der Waals surface area contributed by atoms with E-state index in [1.165, 1.54) is 0 Å². The molecule has 1 aromatic carbocycles. The van der Waals surface area contributed by atoms with Crippen molar-refractivity contribution in [2.45, 2.75) is 0 Å². The molecule has 0 bridgehead atoms. The maximum absolute atomic E-state index is 10.8. The first-order valence-electron chi connectivity index (χ1n) is 6.83. The highest BCUT2D eigenvalue weighted by molar-refractivity contribution is 5.86. The van der Waals surface area contributed by atoms with Crippen molar-refractivity contribution in [1.29, 1.82) is 0 Å². The van der Waals surface area contributed by atoms with Crippen LogP contribution in [0.2, 0.25) is 0 Å². The molecule has 1 N–H and O–H groups in total. The summed E-state index contributed by atoms with van der Waals surface area (Å²) in [4.78, 5) is 22.8. The highest BCUT2D eigenvalue weighted by atomic mass is 16.5. The molecule has 2 heterocycles. The number of pyridine rings is 1. The minimum absolute atomic E-state index is 0.483. The molecule has 0 amide bonds. The summed E-state index contributed by atoms with van der Waals surface area (Å²) >= 11 is 0. The zero-order chi connectivity index (χ0) is 15.4. The molecule has 0 aliphatic carbocycles. The van der Waals surface area contributed by atoms with E-state index in [4.69, 9.17) is 9.47 Å². The van der Waals surface area contributed by atoms with Crippen molar-refractivity contribution in [2.24, 2.45) is 0 Å². The maximum atomic E-state index is 10.8. The second-order valence-corrected chi connectivity index (χ2v) is 4.70. The van der Waals surface area contributed by atoms with Crippen LogP contribution in [0.1, 0.15) is 10.4 Å². The van der Waals surface area contributed by atoms with Crippen LogP contribution in [-0.2, 0) is 4.74 Å². The molecule has 22 heavy (non-hydrogen) atoms. The molecule has 6 nitrogen and oxygen atoms in total. The molecule has 112 valence electrons. The number of aromatic amines is 1.